The van der Waals surface area contributed by atoms with E-state index in [2.05, 4.69) is 4.90 Å². The zero-order valence-corrected chi connectivity index (χ0v) is 20.0. The Morgan fingerprint density at radius 2 is 0.963 bits per heavy atom. The Kier molecular flexibility index (Phi) is 12.4. The minimum absolute atomic E-state index is 0.221. The quantitative estimate of drug-likeness (QED) is 0.243. The van der Waals surface area contributed by atoms with Gasteiger partial charge in [-0.05, 0) is 41.5 Å². The Bertz CT molecular complexity index is 326. The van der Waals surface area contributed by atoms with Gasteiger partial charge in [-0.3, -0.25) is 4.90 Å². The minimum atomic E-state index is -2.84. The summed E-state index contributed by atoms with van der Waals surface area (Å²) < 4.78 is 41.7. The molecule has 1 heterocycles. The second-order valence-corrected chi connectivity index (χ2v) is 11.2. The van der Waals surface area contributed by atoms with E-state index in [0.29, 0.717) is 52.0 Å². The molecule has 1 rings (SSSR count). The molecule has 1 aliphatic heterocycles. The Morgan fingerprint density at radius 1 is 0.667 bits per heavy atom. The van der Waals surface area contributed by atoms with E-state index in [1.165, 1.54) is 0 Å². The maximum Gasteiger partial charge on any atom is 0.515 e. The highest BCUT2D eigenvalue weighted by molar-refractivity contribution is 6.62. The first-order valence-corrected chi connectivity index (χ1v) is 14.1. The molecule has 0 radical (unpaired) electrons. The topological polar surface area (TPSA) is 71.2 Å². The Labute approximate surface area is 167 Å². The highest BCUT2D eigenvalue weighted by Gasteiger charge is 2.49. The van der Waals surface area contributed by atoms with Gasteiger partial charge in [0.25, 0.3) is 0 Å². The molecule has 0 amide bonds. The van der Waals surface area contributed by atoms with Gasteiger partial charge in [-0.15, -0.1) is 0 Å². The van der Waals surface area contributed by atoms with Crippen LogP contribution < -0.4 is 0 Å². The van der Waals surface area contributed by atoms with Crippen molar-refractivity contribution in [3.8, 4) is 0 Å². The van der Waals surface area contributed by atoms with Crippen LogP contribution in [0.4, 0.5) is 0 Å². The molecule has 162 valence electrons. The van der Waals surface area contributed by atoms with Crippen molar-refractivity contribution in [1.82, 2.24) is 4.90 Å². The van der Waals surface area contributed by atoms with Gasteiger partial charge in [0.15, 0.2) is 0 Å². The molecule has 0 aromatic carbocycles. The van der Waals surface area contributed by atoms with E-state index >= 15 is 0 Å². The molecule has 0 saturated carbocycles. The SMILES string of the molecule is CCO[Si](CN(CC1CO1)C[Si](OCC)(OCC)OCC)(OCC)OCC. The van der Waals surface area contributed by atoms with Gasteiger partial charge in [0.05, 0.1) is 25.0 Å². The smallest absolute Gasteiger partial charge is 0.373 e. The molecule has 0 aliphatic carbocycles. The summed E-state index contributed by atoms with van der Waals surface area (Å²) in [6, 6.07) is 0. The van der Waals surface area contributed by atoms with E-state index in [1.54, 1.807) is 0 Å². The fourth-order valence-electron chi connectivity index (χ4n) is 3.04. The molecule has 27 heavy (non-hydrogen) atoms. The van der Waals surface area contributed by atoms with Crippen molar-refractivity contribution in [3.63, 3.8) is 0 Å². The summed E-state index contributed by atoms with van der Waals surface area (Å²) in [4.78, 5) is 2.23. The van der Waals surface area contributed by atoms with Crippen LogP contribution in [0.5, 0.6) is 0 Å². The molecule has 0 N–H and O–H groups in total. The second-order valence-electron chi connectivity index (χ2n) is 6.09. The summed E-state index contributed by atoms with van der Waals surface area (Å²) >= 11 is 0. The molecule has 0 aromatic rings. The molecule has 0 spiro atoms. The van der Waals surface area contributed by atoms with Crippen LogP contribution in [0.25, 0.3) is 0 Å². The van der Waals surface area contributed by atoms with Crippen LogP contribution in [0.15, 0.2) is 0 Å². The normalized spacial score (nSPS) is 17.7. The molecule has 10 heteroatoms. The van der Waals surface area contributed by atoms with Crippen molar-refractivity contribution in [2.24, 2.45) is 0 Å². The predicted octanol–water partition coefficient (Wildman–Crippen LogP) is 1.86. The zero-order valence-electron chi connectivity index (χ0n) is 18.0. The summed E-state index contributed by atoms with van der Waals surface area (Å²) in [6.45, 7) is 16.6. The van der Waals surface area contributed by atoms with E-state index in [-0.39, 0.29) is 6.10 Å². The molecule has 1 atom stereocenters. The molecule has 1 saturated heterocycles. The van der Waals surface area contributed by atoms with Gasteiger partial charge >= 0.3 is 17.6 Å². The zero-order chi connectivity index (χ0) is 20.2. The number of epoxide rings is 1. The third-order valence-corrected chi connectivity index (χ3v) is 9.92. The standard InChI is InChI=1S/C17H39NO7Si2/c1-7-20-26(21-8-2,22-9-3)15-18(13-17-14-19-17)16-27(23-10-4,24-11-5)25-12-6/h17H,7-16H2,1-6H3. The van der Waals surface area contributed by atoms with Gasteiger partial charge in [0.2, 0.25) is 0 Å². The summed E-state index contributed by atoms with van der Waals surface area (Å²) in [5.41, 5.74) is 0. The van der Waals surface area contributed by atoms with Crippen LogP contribution in [-0.4, -0.2) is 93.7 Å². The fourth-order valence-corrected chi connectivity index (χ4v) is 8.53. The highest BCUT2D eigenvalue weighted by atomic mass is 28.4. The average molecular weight is 426 g/mol. The molecule has 0 bridgehead atoms. The van der Waals surface area contributed by atoms with Gasteiger partial charge < -0.3 is 31.3 Å². The maximum absolute atomic E-state index is 6.04. The number of ether oxygens (including phenoxy) is 1. The predicted molar refractivity (Wildman–Crippen MR) is 107 cm³/mol. The summed E-state index contributed by atoms with van der Waals surface area (Å²) in [7, 11) is -5.68. The molecule has 0 aromatic heterocycles. The Morgan fingerprint density at radius 3 is 1.19 bits per heavy atom. The van der Waals surface area contributed by atoms with Gasteiger partial charge in [0, 0.05) is 46.2 Å². The second kappa shape index (κ2) is 13.4. The molecule has 1 unspecified atom stereocenters. The average Bonchev–Trinajstić information content (AvgIpc) is 3.40. The first-order chi connectivity index (χ1) is 13.0. The molecule has 1 fully saturated rings. The van der Waals surface area contributed by atoms with Crippen molar-refractivity contribution in [1.29, 1.82) is 0 Å². The number of nitrogens with zero attached hydrogens (tertiary/aromatic N) is 1. The van der Waals surface area contributed by atoms with Crippen LogP contribution in [0, 0.1) is 0 Å². The largest absolute Gasteiger partial charge is 0.515 e. The molecular formula is C17H39NO7Si2. The number of hydrogen-bond donors (Lipinski definition) is 0. The number of hydrogen-bond acceptors (Lipinski definition) is 8. The molecule has 1 aliphatic rings. The lowest BCUT2D eigenvalue weighted by Gasteiger charge is -2.37. The molecule has 8 nitrogen and oxygen atoms in total. The van der Waals surface area contributed by atoms with Crippen LogP contribution >= 0.6 is 0 Å². The van der Waals surface area contributed by atoms with Crippen LogP contribution in [0.1, 0.15) is 41.5 Å². The van der Waals surface area contributed by atoms with Gasteiger partial charge in [-0.1, -0.05) is 0 Å². The summed E-state index contributed by atoms with van der Waals surface area (Å²) in [5.74, 6) is 0. The lowest BCUT2D eigenvalue weighted by Crippen LogP contribution is -2.62. The summed E-state index contributed by atoms with van der Waals surface area (Å²) in [5, 5.41) is 0. The van der Waals surface area contributed by atoms with Crippen LogP contribution in [0.2, 0.25) is 0 Å². The van der Waals surface area contributed by atoms with Gasteiger partial charge in [0.1, 0.15) is 0 Å². The van der Waals surface area contributed by atoms with Crippen molar-refractivity contribution in [3.05, 3.63) is 0 Å². The first kappa shape index (κ1) is 25.2. The third-order valence-electron chi connectivity index (χ3n) is 3.88. The lowest BCUT2D eigenvalue weighted by molar-refractivity contribution is 0.0409. The first-order valence-electron chi connectivity index (χ1n) is 10.2. The van der Waals surface area contributed by atoms with E-state index in [1.807, 2.05) is 41.5 Å². The Balaban J connectivity index is 3.01. The van der Waals surface area contributed by atoms with Crippen molar-refractivity contribution in [2.75, 3.05) is 65.1 Å². The summed E-state index contributed by atoms with van der Waals surface area (Å²) in [6.07, 6.45) is 1.34. The van der Waals surface area contributed by atoms with E-state index in [0.717, 1.165) is 13.2 Å². The van der Waals surface area contributed by atoms with Gasteiger partial charge in [-0.25, -0.2) is 0 Å². The van der Waals surface area contributed by atoms with E-state index in [9.17, 15) is 0 Å². The van der Waals surface area contributed by atoms with E-state index < -0.39 is 17.6 Å². The van der Waals surface area contributed by atoms with Crippen molar-refractivity contribution >= 4 is 17.6 Å². The van der Waals surface area contributed by atoms with Crippen molar-refractivity contribution in [2.45, 2.75) is 47.6 Å². The highest BCUT2D eigenvalue weighted by Crippen LogP contribution is 2.20. The van der Waals surface area contributed by atoms with Crippen molar-refractivity contribution < 1.29 is 31.3 Å². The minimum Gasteiger partial charge on any atom is -0.373 e. The third kappa shape index (κ3) is 8.98. The van der Waals surface area contributed by atoms with Crippen LogP contribution in [-0.2, 0) is 31.3 Å². The van der Waals surface area contributed by atoms with Crippen LogP contribution in [0.3, 0.4) is 0 Å². The van der Waals surface area contributed by atoms with E-state index in [4.69, 9.17) is 31.3 Å². The lowest BCUT2D eigenvalue weighted by atomic mass is 10.4. The fraction of sp³-hybridized carbons (Fsp3) is 1.00. The maximum atomic E-state index is 6.04. The van der Waals surface area contributed by atoms with Gasteiger partial charge in [-0.2, -0.15) is 0 Å². The Hall–Kier alpha value is 0.114. The monoisotopic (exact) mass is 425 g/mol. The molecular weight excluding hydrogens is 386 g/mol. The number of rotatable bonds is 18.